The third-order valence-corrected chi connectivity index (χ3v) is 3.71. The summed E-state index contributed by atoms with van der Waals surface area (Å²) in [6.07, 6.45) is -3.41. The SMILES string of the molecule is O=C(CSc1ncccc1C(=O)[O-])Nc1ccc(OC(F)(F)F)cc1. The number of carbonyl (C=O) groups is 2. The number of carboxylic acids is 1. The minimum Gasteiger partial charge on any atom is -0.545 e. The van der Waals surface area contributed by atoms with E-state index in [0.29, 0.717) is 0 Å². The molecule has 6 nitrogen and oxygen atoms in total. The predicted octanol–water partition coefficient (Wildman–Crippen LogP) is 2.07. The number of aromatic nitrogens is 1. The Hall–Kier alpha value is -2.75. The maximum absolute atomic E-state index is 12.1. The first kappa shape index (κ1) is 18.6. The van der Waals surface area contributed by atoms with Gasteiger partial charge in [0.1, 0.15) is 10.8 Å². The van der Waals surface area contributed by atoms with Crippen molar-refractivity contribution in [1.29, 1.82) is 0 Å². The van der Waals surface area contributed by atoms with Gasteiger partial charge in [0.15, 0.2) is 0 Å². The maximum Gasteiger partial charge on any atom is 0.573 e. The Kier molecular flexibility index (Phi) is 5.86. The number of thioether (sulfide) groups is 1. The van der Waals surface area contributed by atoms with Crippen molar-refractivity contribution in [3.8, 4) is 5.75 Å². The van der Waals surface area contributed by atoms with Gasteiger partial charge in [-0.1, -0.05) is 11.8 Å². The summed E-state index contributed by atoms with van der Waals surface area (Å²) >= 11 is 0.896. The van der Waals surface area contributed by atoms with Crippen LogP contribution in [0.5, 0.6) is 5.75 Å². The summed E-state index contributed by atoms with van der Waals surface area (Å²) in [5, 5.41) is 13.5. The van der Waals surface area contributed by atoms with E-state index in [2.05, 4.69) is 15.0 Å². The van der Waals surface area contributed by atoms with Crippen LogP contribution in [0.3, 0.4) is 0 Å². The van der Waals surface area contributed by atoms with Crippen LogP contribution < -0.4 is 15.2 Å². The number of hydrogen-bond donors (Lipinski definition) is 1. The zero-order valence-corrected chi connectivity index (χ0v) is 13.2. The first-order valence-corrected chi connectivity index (χ1v) is 7.68. The molecule has 1 aromatic heterocycles. The van der Waals surface area contributed by atoms with Crippen molar-refractivity contribution in [2.45, 2.75) is 11.4 Å². The second-order valence-corrected chi connectivity index (χ2v) is 5.52. The van der Waals surface area contributed by atoms with E-state index in [1.165, 1.54) is 30.5 Å². The highest BCUT2D eigenvalue weighted by molar-refractivity contribution is 8.00. The van der Waals surface area contributed by atoms with Crippen LogP contribution in [0.1, 0.15) is 10.4 Å². The molecular formula is C15H10F3N2O4S-. The Balaban J connectivity index is 1.92. The molecule has 0 atom stereocenters. The highest BCUT2D eigenvalue weighted by Gasteiger charge is 2.30. The van der Waals surface area contributed by atoms with Crippen molar-refractivity contribution in [3.63, 3.8) is 0 Å². The van der Waals surface area contributed by atoms with Gasteiger partial charge in [0.25, 0.3) is 0 Å². The molecular weight excluding hydrogens is 361 g/mol. The fraction of sp³-hybridized carbons (Fsp3) is 0.133. The molecule has 0 fully saturated rings. The quantitative estimate of drug-likeness (QED) is 0.782. The van der Waals surface area contributed by atoms with Crippen molar-refractivity contribution >= 4 is 29.3 Å². The third kappa shape index (κ3) is 5.99. The standard InChI is InChI=1S/C15H11F3N2O4S/c16-15(17,18)24-10-5-3-9(4-6-10)20-12(21)8-25-13-11(14(22)23)2-1-7-19-13/h1-7H,8H2,(H,20,21)(H,22,23)/p-1. The lowest BCUT2D eigenvalue weighted by Gasteiger charge is -2.10. The first-order valence-electron chi connectivity index (χ1n) is 6.69. The van der Waals surface area contributed by atoms with E-state index in [-0.39, 0.29) is 22.0 Å². The lowest BCUT2D eigenvalue weighted by Crippen LogP contribution is -2.23. The molecule has 0 aliphatic rings. The van der Waals surface area contributed by atoms with Crippen molar-refractivity contribution in [2.75, 3.05) is 11.1 Å². The molecule has 1 N–H and O–H groups in total. The molecule has 0 bridgehead atoms. The number of pyridine rings is 1. The molecule has 1 heterocycles. The number of halogens is 3. The number of aromatic carboxylic acids is 1. The fourth-order valence-electron chi connectivity index (χ4n) is 1.73. The monoisotopic (exact) mass is 371 g/mol. The number of benzene rings is 1. The second kappa shape index (κ2) is 7.88. The number of carboxylic acid groups (broad SMARTS) is 1. The number of hydrogen-bond acceptors (Lipinski definition) is 6. The molecule has 10 heteroatoms. The molecule has 0 spiro atoms. The summed E-state index contributed by atoms with van der Waals surface area (Å²) in [5.41, 5.74) is 0.134. The Morgan fingerprint density at radius 3 is 2.48 bits per heavy atom. The number of nitrogens with one attached hydrogen (secondary N) is 1. The Bertz CT molecular complexity index is 766. The number of alkyl halides is 3. The van der Waals surface area contributed by atoms with Crippen LogP contribution in [0.15, 0.2) is 47.6 Å². The van der Waals surface area contributed by atoms with Gasteiger partial charge in [-0.3, -0.25) is 4.79 Å². The van der Waals surface area contributed by atoms with E-state index in [0.717, 1.165) is 23.9 Å². The van der Waals surface area contributed by atoms with Gasteiger partial charge in [-0.25, -0.2) is 4.98 Å². The third-order valence-electron chi connectivity index (χ3n) is 2.70. The van der Waals surface area contributed by atoms with Gasteiger partial charge < -0.3 is 20.0 Å². The average Bonchev–Trinajstić information content (AvgIpc) is 2.53. The number of anilines is 1. The van der Waals surface area contributed by atoms with Gasteiger partial charge in [0.2, 0.25) is 5.91 Å². The summed E-state index contributed by atoms with van der Waals surface area (Å²) in [6, 6.07) is 7.35. The van der Waals surface area contributed by atoms with Crippen LogP contribution in [0, 0.1) is 0 Å². The molecule has 2 rings (SSSR count). The van der Waals surface area contributed by atoms with E-state index >= 15 is 0 Å². The number of nitrogens with zero attached hydrogens (tertiary/aromatic N) is 1. The van der Waals surface area contributed by atoms with Gasteiger partial charge in [-0.05, 0) is 36.4 Å². The lowest BCUT2D eigenvalue weighted by molar-refractivity contribution is -0.274. The van der Waals surface area contributed by atoms with Gasteiger partial charge in [0.05, 0.1) is 11.7 Å². The average molecular weight is 371 g/mol. The zero-order valence-electron chi connectivity index (χ0n) is 12.4. The number of rotatable bonds is 6. The summed E-state index contributed by atoms with van der Waals surface area (Å²) in [5.74, 6) is -2.44. The summed E-state index contributed by atoms with van der Waals surface area (Å²) in [6.45, 7) is 0. The van der Waals surface area contributed by atoms with E-state index in [9.17, 15) is 27.9 Å². The number of ether oxygens (including phenoxy) is 1. The van der Waals surface area contributed by atoms with Gasteiger partial charge in [-0.2, -0.15) is 0 Å². The van der Waals surface area contributed by atoms with Crippen LogP contribution in [0.2, 0.25) is 0 Å². The van der Waals surface area contributed by atoms with Crippen molar-refractivity contribution in [1.82, 2.24) is 4.98 Å². The number of carbonyl (C=O) groups excluding carboxylic acids is 2. The normalized spacial score (nSPS) is 11.0. The molecule has 1 amide bonds. The van der Waals surface area contributed by atoms with Crippen LogP contribution in [0.4, 0.5) is 18.9 Å². The smallest absolute Gasteiger partial charge is 0.545 e. The van der Waals surface area contributed by atoms with Gasteiger partial charge >= 0.3 is 6.36 Å². The molecule has 0 unspecified atom stereocenters. The topological polar surface area (TPSA) is 91.4 Å². The minimum atomic E-state index is -4.79. The molecule has 0 aliphatic heterocycles. The van der Waals surface area contributed by atoms with E-state index < -0.39 is 24.0 Å². The highest BCUT2D eigenvalue weighted by atomic mass is 32.2. The second-order valence-electron chi connectivity index (χ2n) is 4.55. The largest absolute Gasteiger partial charge is 0.573 e. The van der Waals surface area contributed by atoms with Crippen LogP contribution in [-0.4, -0.2) is 29.0 Å². The van der Waals surface area contributed by atoms with Crippen LogP contribution in [0.25, 0.3) is 0 Å². The molecule has 0 saturated carbocycles. The molecule has 0 saturated heterocycles. The summed E-state index contributed by atoms with van der Waals surface area (Å²) in [7, 11) is 0. The van der Waals surface area contributed by atoms with Gasteiger partial charge in [0, 0.05) is 17.4 Å². The fourth-order valence-corrected chi connectivity index (χ4v) is 2.51. The molecule has 0 radical (unpaired) electrons. The Morgan fingerprint density at radius 1 is 1.20 bits per heavy atom. The maximum atomic E-state index is 12.1. The van der Waals surface area contributed by atoms with Crippen LogP contribution in [-0.2, 0) is 4.79 Å². The summed E-state index contributed by atoms with van der Waals surface area (Å²) in [4.78, 5) is 26.6. The predicted molar refractivity (Wildman–Crippen MR) is 81.0 cm³/mol. The highest BCUT2D eigenvalue weighted by Crippen LogP contribution is 2.24. The van der Waals surface area contributed by atoms with E-state index in [1.54, 1.807) is 0 Å². The van der Waals surface area contributed by atoms with E-state index in [4.69, 9.17) is 0 Å². The zero-order chi connectivity index (χ0) is 18.4. The Morgan fingerprint density at radius 2 is 1.88 bits per heavy atom. The molecule has 1 aromatic carbocycles. The minimum absolute atomic E-state index is 0.131. The first-order chi connectivity index (χ1) is 11.7. The summed E-state index contributed by atoms with van der Waals surface area (Å²) < 4.78 is 39.9. The Labute approximate surface area is 144 Å². The molecule has 0 aliphatic carbocycles. The molecule has 25 heavy (non-hydrogen) atoms. The lowest BCUT2D eigenvalue weighted by atomic mass is 10.3. The van der Waals surface area contributed by atoms with Gasteiger partial charge in [-0.15, -0.1) is 13.2 Å². The van der Waals surface area contributed by atoms with E-state index in [1.807, 2.05) is 0 Å². The van der Waals surface area contributed by atoms with Crippen LogP contribution >= 0.6 is 11.8 Å². The van der Waals surface area contributed by atoms with Crippen molar-refractivity contribution in [3.05, 3.63) is 48.2 Å². The molecule has 132 valence electrons. The molecule has 2 aromatic rings. The van der Waals surface area contributed by atoms with Crippen molar-refractivity contribution < 1.29 is 32.6 Å². The van der Waals surface area contributed by atoms with Crippen molar-refractivity contribution in [2.24, 2.45) is 0 Å². The number of amides is 1.